The molecule has 5 nitrogen and oxygen atoms in total. The monoisotopic (exact) mass is 272 g/mol. The van der Waals surface area contributed by atoms with Gasteiger partial charge in [-0.15, -0.1) is 12.4 Å². The minimum atomic E-state index is -0.00301. The van der Waals surface area contributed by atoms with Crippen LogP contribution in [0.2, 0.25) is 0 Å². The van der Waals surface area contributed by atoms with Crippen molar-refractivity contribution in [3.05, 3.63) is 17.5 Å². The molecule has 1 saturated heterocycles. The van der Waals surface area contributed by atoms with Crippen LogP contribution in [0, 0.1) is 0 Å². The fourth-order valence-corrected chi connectivity index (χ4v) is 2.24. The van der Waals surface area contributed by atoms with Crippen molar-refractivity contribution >= 4 is 18.3 Å². The van der Waals surface area contributed by atoms with Crippen molar-refractivity contribution in [2.24, 2.45) is 7.05 Å². The lowest BCUT2D eigenvalue weighted by Crippen LogP contribution is -2.40. The van der Waals surface area contributed by atoms with Crippen LogP contribution in [0.5, 0.6) is 0 Å². The van der Waals surface area contributed by atoms with Crippen LogP contribution in [0.1, 0.15) is 31.0 Å². The highest BCUT2D eigenvalue weighted by Gasteiger charge is 2.21. The summed E-state index contributed by atoms with van der Waals surface area (Å²) in [5.41, 5.74) is 2.17. The molecule has 1 aliphatic heterocycles. The second-order valence-corrected chi connectivity index (χ2v) is 4.49. The number of rotatable bonds is 4. The van der Waals surface area contributed by atoms with Crippen molar-refractivity contribution in [2.75, 3.05) is 6.54 Å². The molecule has 1 aromatic heterocycles. The number of hydrogen-bond donors (Lipinski definition) is 2. The zero-order chi connectivity index (χ0) is 12.3. The van der Waals surface area contributed by atoms with Gasteiger partial charge in [-0.2, -0.15) is 5.10 Å². The van der Waals surface area contributed by atoms with Crippen LogP contribution in [-0.2, 0) is 24.8 Å². The molecular weight excluding hydrogens is 252 g/mol. The molecule has 2 heterocycles. The number of carbonyl (C=O) groups excluding carboxylic acids is 1. The van der Waals surface area contributed by atoms with E-state index < -0.39 is 0 Å². The third-order valence-corrected chi connectivity index (χ3v) is 3.16. The summed E-state index contributed by atoms with van der Waals surface area (Å²) in [6.45, 7) is 3.60. The van der Waals surface area contributed by atoms with Crippen molar-refractivity contribution in [3.63, 3.8) is 0 Å². The first kappa shape index (κ1) is 15.0. The summed E-state index contributed by atoms with van der Waals surface area (Å²) < 4.78 is 1.80. The largest absolute Gasteiger partial charge is 0.351 e. The quantitative estimate of drug-likeness (QED) is 0.851. The molecule has 1 atom stereocenters. The van der Waals surface area contributed by atoms with Gasteiger partial charge in [0.1, 0.15) is 0 Å². The fraction of sp³-hybridized carbons (Fsp3) is 0.667. The normalized spacial score (nSPS) is 18.4. The van der Waals surface area contributed by atoms with Gasteiger partial charge in [-0.3, -0.25) is 9.48 Å². The summed E-state index contributed by atoms with van der Waals surface area (Å²) in [4.78, 5) is 11.8. The third-order valence-electron chi connectivity index (χ3n) is 3.16. The van der Waals surface area contributed by atoms with Crippen molar-refractivity contribution in [1.29, 1.82) is 0 Å². The summed E-state index contributed by atoms with van der Waals surface area (Å²) in [5.74, 6) is 0.105. The topological polar surface area (TPSA) is 59.0 Å². The van der Waals surface area contributed by atoms with Crippen LogP contribution in [-0.4, -0.2) is 28.3 Å². The number of amides is 1. The predicted molar refractivity (Wildman–Crippen MR) is 72.7 cm³/mol. The Morgan fingerprint density at radius 1 is 1.67 bits per heavy atom. The average Bonchev–Trinajstić information content (AvgIpc) is 2.94. The van der Waals surface area contributed by atoms with Gasteiger partial charge in [0.15, 0.2) is 0 Å². The smallest absolute Gasteiger partial charge is 0.237 e. The van der Waals surface area contributed by atoms with E-state index in [2.05, 4.69) is 22.7 Å². The minimum absolute atomic E-state index is 0. The van der Waals surface area contributed by atoms with E-state index in [-0.39, 0.29) is 24.4 Å². The van der Waals surface area contributed by atoms with E-state index in [1.165, 1.54) is 0 Å². The standard InChI is InChI=1S/C12H20N4O.ClH/c1-3-10-9(8-16(2)15-10)7-14-12(17)11-5-4-6-13-11;/h8,11,13H,3-7H2,1-2H3,(H,14,17);1H. The highest BCUT2D eigenvalue weighted by atomic mass is 35.5. The molecule has 0 spiro atoms. The summed E-state index contributed by atoms with van der Waals surface area (Å²) in [6, 6.07) is -0.00301. The van der Waals surface area contributed by atoms with Gasteiger partial charge in [0.05, 0.1) is 11.7 Å². The summed E-state index contributed by atoms with van der Waals surface area (Å²) >= 11 is 0. The molecule has 6 heteroatoms. The minimum Gasteiger partial charge on any atom is -0.351 e. The van der Waals surface area contributed by atoms with Crippen LogP contribution < -0.4 is 10.6 Å². The average molecular weight is 273 g/mol. The predicted octanol–water partition coefficient (Wildman–Crippen LogP) is 0.772. The van der Waals surface area contributed by atoms with Gasteiger partial charge >= 0.3 is 0 Å². The maximum Gasteiger partial charge on any atom is 0.237 e. The van der Waals surface area contributed by atoms with E-state index in [1.54, 1.807) is 4.68 Å². The molecular formula is C12H21ClN4O. The zero-order valence-electron chi connectivity index (χ0n) is 10.9. The van der Waals surface area contributed by atoms with Crippen molar-refractivity contribution in [2.45, 2.75) is 38.8 Å². The first-order valence-corrected chi connectivity index (χ1v) is 6.23. The molecule has 0 aliphatic carbocycles. The van der Waals surface area contributed by atoms with Gasteiger partial charge in [0.25, 0.3) is 0 Å². The number of aromatic nitrogens is 2. The number of nitrogens with zero attached hydrogens (tertiary/aromatic N) is 2. The third kappa shape index (κ3) is 3.46. The Kier molecular flexibility index (Phi) is 5.62. The van der Waals surface area contributed by atoms with Crippen LogP contribution in [0.15, 0.2) is 6.20 Å². The molecule has 18 heavy (non-hydrogen) atoms. The van der Waals surface area contributed by atoms with Gasteiger partial charge in [0, 0.05) is 25.4 Å². The first-order valence-electron chi connectivity index (χ1n) is 6.23. The lowest BCUT2D eigenvalue weighted by Gasteiger charge is -2.10. The molecule has 0 radical (unpaired) electrons. The highest BCUT2D eigenvalue weighted by molar-refractivity contribution is 5.85. The van der Waals surface area contributed by atoms with Gasteiger partial charge in [-0.05, 0) is 25.8 Å². The number of halogens is 1. The summed E-state index contributed by atoms with van der Waals surface area (Å²) in [5, 5.41) is 10.5. The lowest BCUT2D eigenvalue weighted by molar-refractivity contribution is -0.122. The van der Waals surface area contributed by atoms with E-state index in [4.69, 9.17) is 0 Å². The van der Waals surface area contributed by atoms with E-state index in [0.717, 1.165) is 37.1 Å². The molecule has 2 rings (SSSR count). The fourth-order valence-electron chi connectivity index (χ4n) is 2.24. The summed E-state index contributed by atoms with van der Waals surface area (Å²) in [6.07, 6.45) is 4.90. The zero-order valence-corrected chi connectivity index (χ0v) is 11.7. The maximum atomic E-state index is 11.8. The second-order valence-electron chi connectivity index (χ2n) is 4.49. The van der Waals surface area contributed by atoms with E-state index >= 15 is 0 Å². The number of carbonyl (C=O) groups is 1. The SMILES string of the molecule is CCc1nn(C)cc1CNC(=O)C1CCCN1.Cl. The molecule has 0 bridgehead atoms. The molecule has 102 valence electrons. The molecule has 0 aromatic carbocycles. The Labute approximate surface area is 114 Å². The van der Waals surface area contributed by atoms with Crippen molar-refractivity contribution in [3.8, 4) is 0 Å². The van der Waals surface area contributed by atoms with Crippen molar-refractivity contribution < 1.29 is 4.79 Å². The lowest BCUT2D eigenvalue weighted by atomic mass is 10.2. The van der Waals surface area contributed by atoms with Gasteiger partial charge in [-0.25, -0.2) is 0 Å². The summed E-state index contributed by atoms with van der Waals surface area (Å²) in [7, 11) is 1.91. The molecule has 1 aromatic rings. The molecule has 1 fully saturated rings. The Morgan fingerprint density at radius 2 is 2.44 bits per heavy atom. The first-order chi connectivity index (χ1) is 8.20. The number of aryl methyl sites for hydroxylation is 2. The molecule has 0 saturated carbocycles. The highest BCUT2D eigenvalue weighted by Crippen LogP contribution is 2.08. The molecule has 1 unspecified atom stereocenters. The number of hydrogen-bond acceptors (Lipinski definition) is 3. The maximum absolute atomic E-state index is 11.8. The van der Waals surface area contributed by atoms with Gasteiger partial charge < -0.3 is 10.6 Å². The van der Waals surface area contributed by atoms with E-state index in [0.29, 0.717) is 6.54 Å². The van der Waals surface area contributed by atoms with Gasteiger partial charge in [0.2, 0.25) is 5.91 Å². The molecule has 1 amide bonds. The molecule has 2 N–H and O–H groups in total. The Hall–Kier alpha value is -1.07. The van der Waals surface area contributed by atoms with Gasteiger partial charge in [-0.1, -0.05) is 6.92 Å². The second kappa shape index (κ2) is 6.75. The van der Waals surface area contributed by atoms with Crippen LogP contribution in [0.3, 0.4) is 0 Å². The van der Waals surface area contributed by atoms with Crippen molar-refractivity contribution in [1.82, 2.24) is 20.4 Å². The van der Waals surface area contributed by atoms with Crippen LogP contribution in [0.25, 0.3) is 0 Å². The van der Waals surface area contributed by atoms with Crippen LogP contribution >= 0.6 is 12.4 Å². The van der Waals surface area contributed by atoms with Crippen LogP contribution in [0.4, 0.5) is 0 Å². The van der Waals surface area contributed by atoms with E-state index in [9.17, 15) is 4.79 Å². The Balaban J connectivity index is 0.00000162. The number of nitrogens with one attached hydrogen (secondary N) is 2. The Bertz CT molecular complexity index is 399. The Morgan fingerprint density at radius 3 is 3.06 bits per heavy atom. The van der Waals surface area contributed by atoms with E-state index in [1.807, 2.05) is 13.2 Å². The molecule has 1 aliphatic rings.